The fourth-order valence-electron chi connectivity index (χ4n) is 1.75. The van der Waals surface area contributed by atoms with E-state index in [0.29, 0.717) is 11.5 Å². The first kappa shape index (κ1) is 14.7. The van der Waals surface area contributed by atoms with Crippen molar-refractivity contribution < 1.29 is 19.0 Å². The molecule has 0 bridgehead atoms. The number of ether oxygens (including phenoxy) is 3. The molecular weight excluding hydrogens is 268 g/mol. The summed E-state index contributed by atoms with van der Waals surface area (Å²) in [4.78, 5) is 11.8. The Balaban J connectivity index is 2.05. The Kier molecular flexibility index (Phi) is 4.99. The molecule has 4 nitrogen and oxygen atoms in total. The maximum Gasteiger partial charge on any atom is 0.336 e. The summed E-state index contributed by atoms with van der Waals surface area (Å²) in [5, 5.41) is 0. The van der Waals surface area contributed by atoms with Crippen LogP contribution in [-0.4, -0.2) is 20.2 Å². The second-order valence-corrected chi connectivity index (χ2v) is 4.18. The van der Waals surface area contributed by atoms with Crippen molar-refractivity contribution in [3.63, 3.8) is 0 Å². The van der Waals surface area contributed by atoms with E-state index in [9.17, 15) is 4.79 Å². The molecule has 0 radical (unpaired) electrons. The SMILES string of the molecule is COc1cccc(C=CC(=O)Oc2ccccc2OC)c1. The van der Waals surface area contributed by atoms with Gasteiger partial charge in [-0.3, -0.25) is 0 Å². The van der Waals surface area contributed by atoms with Crippen LogP contribution in [0.4, 0.5) is 0 Å². The molecule has 0 saturated heterocycles. The molecule has 0 spiro atoms. The van der Waals surface area contributed by atoms with Crippen LogP contribution in [0.25, 0.3) is 6.08 Å². The number of para-hydroxylation sites is 2. The Morgan fingerprint density at radius 3 is 2.43 bits per heavy atom. The van der Waals surface area contributed by atoms with Crippen molar-refractivity contribution in [2.75, 3.05) is 14.2 Å². The monoisotopic (exact) mass is 284 g/mol. The number of carbonyl (C=O) groups is 1. The summed E-state index contributed by atoms with van der Waals surface area (Å²) < 4.78 is 15.5. The highest BCUT2D eigenvalue weighted by Crippen LogP contribution is 2.26. The summed E-state index contributed by atoms with van der Waals surface area (Å²) in [6, 6.07) is 14.4. The second kappa shape index (κ2) is 7.14. The van der Waals surface area contributed by atoms with Gasteiger partial charge in [0.2, 0.25) is 0 Å². The lowest BCUT2D eigenvalue weighted by atomic mass is 10.2. The number of esters is 1. The summed E-state index contributed by atoms with van der Waals surface area (Å²) in [6.07, 6.45) is 3.03. The first-order valence-electron chi connectivity index (χ1n) is 6.40. The summed E-state index contributed by atoms with van der Waals surface area (Å²) in [5.74, 6) is 1.17. The van der Waals surface area contributed by atoms with Crippen LogP contribution in [0.5, 0.6) is 17.2 Å². The molecule has 0 saturated carbocycles. The first-order chi connectivity index (χ1) is 10.2. The lowest BCUT2D eigenvalue weighted by Crippen LogP contribution is -2.04. The van der Waals surface area contributed by atoms with Gasteiger partial charge in [-0.25, -0.2) is 4.79 Å². The molecule has 2 aromatic rings. The van der Waals surface area contributed by atoms with E-state index in [2.05, 4.69) is 0 Å². The van der Waals surface area contributed by atoms with Gasteiger partial charge in [-0.15, -0.1) is 0 Å². The third-order valence-corrected chi connectivity index (χ3v) is 2.79. The van der Waals surface area contributed by atoms with Gasteiger partial charge in [0.05, 0.1) is 14.2 Å². The van der Waals surface area contributed by atoms with Gasteiger partial charge in [-0.2, -0.15) is 0 Å². The third kappa shape index (κ3) is 4.11. The van der Waals surface area contributed by atoms with Crippen LogP contribution in [0.2, 0.25) is 0 Å². The van der Waals surface area contributed by atoms with E-state index in [0.717, 1.165) is 11.3 Å². The molecule has 0 amide bonds. The van der Waals surface area contributed by atoms with E-state index in [4.69, 9.17) is 14.2 Å². The molecule has 0 aliphatic carbocycles. The second-order valence-electron chi connectivity index (χ2n) is 4.18. The minimum atomic E-state index is -0.470. The molecule has 0 N–H and O–H groups in total. The van der Waals surface area contributed by atoms with Crippen molar-refractivity contribution >= 4 is 12.0 Å². The van der Waals surface area contributed by atoms with Crippen LogP contribution < -0.4 is 14.2 Å². The van der Waals surface area contributed by atoms with Crippen LogP contribution in [0.3, 0.4) is 0 Å². The number of carbonyl (C=O) groups excluding carboxylic acids is 1. The summed E-state index contributed by atoms with van der Waals surface area (Å²) in [6.45, 7) is 0. The van der Waals surface area contributed by atoms with Crippen LogP contribution in [0.15, 0.2) is 54.6 Å². The van der Waals surface area contributed by atoms with Crippen LogP contribution in [0, 0.1) is 0 Å². The molecule has 2 aromatic carbocycles. The van der Waals surface area contributed by atoms with E-state index in [1.165, 1.54) is 13.2 Å². The number of hydrogen-bond acceptors (Lipinski definition) is 4. The van der Waals surface area contributed by atoms with Crippen molar-refractivity contribution in [2.24, 2.45) is 0 Å². The largest absolute Gasteiger partial charge is 0.497 e. The number of rotatable bonds is 5. The molecule has 21 heavy (non-hydrogen) atoms. The van der Waals surface area contributed by atoms with Crippen LogP contribution in [-0.2, 0) is 4.79 Å². The number of methoxy groups -OCH3 is 2. The van der Waals surface area contributed by atoms with Gasteiger partial charge in [-0.1, -0.05) is 24.3 Å². The molecule has 0 aromatic heterocycles. The fraction of sp³-hybridized carbons (Fsp3) is 0.118. The van der Waals surface area contributed by atoms with E-state index in [1.54, 1.807) is 31.4 Å². The van der Waals surface area contributed by atoms with E-state index in [-0.39, 0.29) is 0 Å². The van der Waals surface area contributed by atoms with Crippen molar-refractivity contribution in [1.82, 2.24) is 0 Å². The lowest BCUT2D eigenvalue weighted by Gasteiger charge is -2.06. The molecule has 4 heteroatoms. The van der Waals surface area contributed by atoms with Crippen LogP contribution >= 0.6 is 0 Å². The van der Waals surface area contributed by atoms with Gasteiger partial charge < -0.3 is 14.2 Å². The van der Waals surface area contributed by atoms with Gasteiger partial charge in [-0.05, 0) is 35.9 Å². The molecule has 0 heterocycles. The third-order valence-electron chi connectivity index (χ3n) is 2.79. The van der Waals surface area contributed by atoms with Crippen LogP contribution in [0.1, 0.15) is 5.56 Å². The van der Waals surface area contributed by atoms with Gasteiger partial charge in [0.1, 0.15) is 5.75 Å². The molecule has 0 aliphatic rings. The molecule has 0 fully saturated rings. The quantitative estimate of drug-likeness (QED) is 0.480. The molecule has 2 rings (SSSR count). The maximum absolute atomic E-state index is 11.8. The standard InChI is InChI=1S/C17H16O4/c1-19-14-7-5-6-13(12-14)10-11-17(18)21-16-9-4-3-8-15(16)20-2/h3-12H,1-2H3. The maximum atomic E-state index is 11.8. The minimum absolute atomic E-state index is 0.389. The molecule has 0 atom stereocenters. The zero-order chi connectivity index (χ0) is 15.1. The molecule has 0 unspecified atom stereocenters. The summed E-state index contributed by atoms with van der Waals surface area (Å²) in [5.41, 5.74) is 0.853. The van der Waals surface area contributed by atoms with Crippen molar-refractivity contribution in [3.05, 3.63) is 60.2 Å². The average molecular weight is 284 g/mol. The van der Waals surface area contributed by atoms with Gasteiger partial charge in [0.15, 0.2) is 11.5 Å². The van der Waals surface area contributed by atoms with Gasteiger partial charge in [0.25, 0.3) is 0 Å². The predicted octanol–water partition coefficient (Wildman–Crippen LogP) is 3.32. The Hall–Kier alpha value is -2.75. The highest BCUT2D eigenvalue weighted by atomic mass is 16.6. The van der Waals surface area contributed by atoms with E-state index >= 15 is 0 Å². The highest BCUT2D eigenvalue weighted by Gasteiger charge is 2.06. The lowest BCUT2D eigenvalue weighted by molar-refractivity contribution is -0.129. The number of benzene rings is 2. The number of hydrogen-bond donors (Lipinski definition) is 0. The molecule has 0 aliphatic heterocycles. The Morgan fingerprint density at radius 2 is 1.71 bits per heavy atom. The zero-order valence-electron chi connectivity index (χ0n) is 11.9. The Labute approximate surface area is 123 Å². The van der Waals surface area contributed by atoms with Gasteiger partial charge >= 0.3 is 5.97 Å². The highest BCUT2D eigenvalue weighted by molar-refractivity contribution is 5.89. The zero-order valence-corrected chi connectivity index (χ0v) is 11.9. The van der Waals surface area contributed by atoms with Crippen molar-refractivity contribution in [1.29, 1.82) is 0 Å². The smallest absolute Gasteiger partial charge is 0.336 e. The molecule has 108 valence electrons. The molecular formula is C17H16O4. The minimum Gasteiger partial charge on any atom is -0.497 e. The normalized spacial score (nSPS) is 10.4. The van der Waals surface area contributed by atoms with E-state index < -0.39 is 5.97 Å². The average Bonchev–Trinajstić information content (AvgIpc) is 2.53. The first-order valence-corrected chi connectivity index (χ1v) is 6.40. The van der Waals surface area contributed by atoms with E-state index in [1.807, 2.05) is 30.3 Å². The Morgan fingerprint density at radius 1 is 0.952 bits per heavy atom. The van der Waals surface area contributed by atoms with Gasteiger partial charge in [0, 0.05) is 6.08 Å². The fourth-order valence-corrected chi connectivity index (χ4v) is 1.75. The summed E-state index contributed by atoms with van der Waals surface area (Å²) >= 11 is 0. The topological polar surface area (TPSA) is 44.8 Å². The predicted molar refractivity (Wildman–Crippen MR) is 80.7 cm³/mol. The summed E-state index contributed by atoms with van der Waals surface area (Å²) in [7, 11) is 3.12. The van der Waals surface area contributed by atoms with Crippen molar-refractivity contribution in [2.45, 2.75) is 0 Å². The Bertz CT molecular complexity index is 647. The van der Waals surface area contributed by atoms with Crippen molar-refractivity contribution in [3.8, 4) is 17.2 Å².